The molecule has 3 unspecified atom stereocenters. The van der Waals surface area contributed by atoms with Crippen LogP contribution in [0.25, 0.3) is 0 Å². The second kappa shape index (κ2) is 4.47. The first kappa shape index (κ1) is 14.8. The maximum absolute atomic E-state index is 12.5. The van der Waals surface area contributed by atoms with Crippen molar-refractivity contribution in [3.8, 4) is 0 Å². The molecule has 0 aromatic heterocycles. The van der Waals surface area contributed by atoms with Gasteiger partial charge < -0.3 is 11.1 Å². The highest BCUT2D eigenvalue weighted by atomic mass is 16.2. The Morgan fingerprint density at radius 1 is 1.32 bits per heavy atom. The summed E-state index contributed by atoms with van der Waals surface area (Å²) in [6, 6.07) is 0.301. The first-order valence-corrected chi connectivity index (χ1v) is 7.81. The molecule has 2 bridgehead atoms. The molecule has 0 spiro atoms. The zero-order valence-corrected chi connectivity index (χ0v) is 13.2. The number of fused-ring (bicyclic) bond motifs is 2. The molecule has 0 heterocycles. The van der Waals surface area contributed by atoms with Crippen LogP contribution in [0.1, 0.15) is 66.7 Å². The quantitative estimate of drug-likeness (QED) is 0.822. The summed E-state index contributed by atoms with van der Waals surface area (Å²) >= 11 is 0. The summed E-state index contributed by atoms with van der Waals surface area (Å²) in [5.74, 6) is 0.797. The van der Waals surface area contributed by atoms with Gasteiger partial charge in [-0.3, -0.25) is 4.79 Å². The van der Waals surface area contributed by atoms with Crippen molar-refractivity contribution in [1.29, 1.82) is 0 Å². The Morgan fingerprint density at radius 3 is 2.26 bits per heavy atom. The predicted octanol–water partition coefficient (Wildman–Crippen LogP) is 2.83. The van der Waals surface area contributed by atoms with Crippen molar-refractivity contribution < 1.29 is 4.79 Å². The Bertz CT molecular complexity index is 373. The van der Waals surface area contributed by atoms with Crippen LogP contribution < -0.4 is 11.1 Å². The molecule has 0 aromatic rings. The molecular formula is C16H30N2O. The Kier molecular flexibility index (Phi) is 3.49. The Labute approximate surface area is 117 Å². The van der Waals surface area contributed by atoms with Gasteiger partial charge in [0.25, 0.3) is 0 Å². The molecule has 2 rings (SSSR count). The minimum atomic E-state index is -0.692. The standard InChI is InChI=1S/C16H30N2O/c1-6-16(17,7-2)13(19)18-12-10-11-8-9-15(12,5)14(11,3)4/h11-12H,6-10,17H2,1-5H3,(H,18,19). The highest BCUT2D eigenvalue weighted by Crippen LogP contribution is 2.65. The lowest BCUT2D eigenvalue weighted by Crippen LogP contribution is -2.58. The SMILES string of the molecule is CCC(N)(CC)C(=O)NC1CC2CCC1(C)C2(C)C. The number of nitrogens with one attached hydrogen (secondary N) is 1. The zero-order valence-electron chi connectivity index (χ0n) is 13.2. The Hall–Kier alpha value is -0.570. The molecule has 2 aliphatic rings. The van der Waals surface area contributed by atoms with Gasteiger partial charge in [-0.2, -0.15) is 0 Å². The van der Waals surface area contributed by atoms with Crippen molar-refractivity contribution in [2.24, 2.45) is 22.5 Å². The van der Waals surface area contributed by atoms with Crippen molar-refractivity contribution in [3.63, 3.8) is 0 Å². The average Bonchev–Trinajstić information content (AvgIpc) is 2.70. The van der Waals surface area contributed by atoms with Crippen molar-refractivity contribution >= 4 is 5.91 Å². The molecule has 110 valence electrons. The molecule has 3 heteroatoms. The fraction of sp³-hybridized carbons (Fsp3) is 0.938. The molecule has 2 fully saturated rings. The first-order chi connectivity index (χ1) is 8.71. The summed E-state index contributed by atoms with van der Waals surface area (Å²) in [6.45, 7) is 11.1. The number of carbonyl (C=O) groups excluding carboxylic acids is 1. The minimum Gasteiger partial charge on any atom is -0.351 e. The van der Waals surface area contributed by atoms with Crippen LogP contribution in [0.3, 0.4) is 0 Å². The summed E-state index contributed by atoms with van der Waals surface area (Å²) in [4.78, 5) is 12.5. The summed E-state index contributed by atoms with van der Waals surface area (Å²) in [6.07, 6.45) is 5.06. The predicted molar refractivity (Wildman–Crippen MR) is 78.7 cm³/mol. The van der Waals surface area contributed by atoms with Gasteiger partial charge >= 0.3 is 0 Å². The van der Waals surface area contributed by atoms with Crippen molar-refractivity contribution in [2.75, 3.05) is 0 Å². The fourth-order valence-electron chi connectivity index (χ4n) is 4.30. The highest BCUT2D eigenvalue weighted by molar-refractivity contribution is 5.86. The third kappa shape index (κ3) is 1.93. The monoisotopic (exact) mass is 266 g/mol. The molecule has 19 heavy (non-hydrogen) atoms. The molecule has 1 amide bonds. The van der Waals surface area contributed by atoms with Crippen LogP contribution in [0.4, 0.5) is 0 Å². The average molecular weight is 266 g/mol. The molecule has 2 aliphatic carbocycles. The number of nitrogens with two attached hydrogens (primary N) is 1. The van der Waals surface area contributed by atoms with E-state index in [1.54, 1.807) is 0 Å². The van der Waals surface area contributed by atoms with E-state index in [9.17, 15) is 4.79 Å². The smallest absolute Gasteiger partial charge is 0.240 e. The lowest BCUT2D eigenvalue weighted by atomic mass is 9.69. The molecule has 0 aromatic carbocycles. The van der Waals surface area contributed by atoms with E-state index in [1.807, 2.05) is 13.8 Å². The van der Waals surface area contributed by atoms with Crippen molar-refractivity contribution in [3.05, 3.63) is 0 Å². The molecule has 3 N–H and O–H groups in total. The molecule has 0 aliphatic heterocycles. The van der Waals surface area contributed by atoms with E-state index in [4.69, 9.17) is 5.73 Å². The van der Waals surface area contributed by atoms with Gasteiger partial charge in [0.15, 0.2) is 0 Å². The first-order valence-electron chi connectivity index (χ1n) is 7.81. The van der Waals surface area contributed by atoms with Crippen LogP contribution in [-0.4, -0.2) is 17.5 Å². The molecule has 0 radical (unpaired) electrons. The van der Waals surface area contributed by atoms with E-state index in [0.717, 1.165) is 12.3 Å². The normalized spacial score (nSPS) is 36.5. The second-order valence-corrected chi connectivity index (χ2v) is 7.50. The van der Waals surface area contributed by atoms with E-state index in [1.165, 1.54) is 12.8 Å². The van der Waals surface area contributed by atoms with Gasteiger partial charge in [0, 0.05) is 6.04 Å². The van der Waals surface area contributed by atoms with E-state index < -0.39 is 5.54 Å². The summed E-state index contributed by atoms with van der Waals surface area (Å²) in [5, 5.41) is 3.28. The molecular weight excluding hydrogens is 236 g/mol. The number of carbonyl (C=O) groups is 1. The molecule has 3 atom stereocenters. The maximum atomic E-state index is 12.5. The van der Waals surface area contributed by atoms with Gasteiger partial charge in [0.2, 0.25) is 5.91 Å². The summed E-state index contributed by atoms with van der Waals surface area (Å²) < 4.78 is 0. The molecule has 2 saturated carbocycles. The summed E-state index contributed by atoms with van der Waals surface area (Å²) in [7, 11) is 0. The van der Waals surface area contributed by atoms with Crippen molar-refractivity contribution in [2.45, 2.75) is 78.3 Å². The van der Waals surface area contributed by atoms with Gasteiger partial charge in [-0.05, 0) is 48.9 Å². The van der Waals surface area contributed by atoms with Gasteiger partial charge in [0.1, 0.15) is 0 Å². The topological polar surface area (TPSA) is 55.1 Å². The van der Waals surface area contributed by atoms with E-state index >= 15 is 0 Å². The van der Waals surface area contributed by atoms with E-state index in [2.05, 4.69) is 26.1 Å². The van der Waals surface area contributed by atoms with Gasteiger partial charge in [-0.1, -0.05) is 34.6 Å². The summed E-state index contributed by atoms with van der Waals surface area (Å²) in [5.41, 5.74) is 6.09. The lowest BCUT2D eigenvalue weighted by molar-refractivity contribution is -0.128. The largest absolute Gasteiger partial charge is 0.351 e. The van der Waals surface area contributed by atoms with Crippen LogP contribution >= 0.6 is 0 Å². The van der Waals surface area contributed by atoms with E-state index in [-0.39, 0.29) is 11.3 Å². The zero-order chi connectivity index (χ0) is 14.5. The van der Waals surface area contributed by atoms with Crippen LogP contribution in [0.5, 0.6) is 0 Å². The minimum absolute atomic E-state index is 0.0482. The maximum Gasteiger partial charge on any atom is 0.240 e. The fourth-order valence-corrected chi connectivity index (χ4v) is 4.30. The van der Waals surface area contributed by atoms with Gasteiger partial charge in [0.05, 0.1) is 5.54 Å². The van der Waals surface area contributed by atoms with E-state index in [0.29, 0.717) is 24.3 Å². The van der Waals surface area contributed by atoms with Gasteiger partial charge in [-0.25, -0.2) is 0 Å². The number of amides is 1. The molecule has 0 saturated heterocycles. The van der Waals surface area contributed by atoms with Crippen LogP contribution in [-0.2, 0) is 4.79 Å². The van der Waals surface area contributed by atoms with Gasteiger partial charge in [-0.15, -0.1) is 0 Å². The second-order valence-electron chi connectivity index (χ2n) is 7.50. The number of rotatable bonds is 4. The highest BCUT2D eigenvalue weighted by Gasteiger charge is 2.61. The third-order valence-electron chi connectivity index (χ3n) is 6.81. The van der Waals surface area contributed by atoms with Crippen molar-refractivity contribution in [1.82, 2.24) is 5.32 Å². The Morgan fingerprint density at radius 2 is 1.89 bits per heavy atom. The molecule has 3 nitrogen and oxygen atoms in total. The van der Waals surface area contributed by atoms with Crippen LogP contribution in [0, 0.1) is 16.7 Å². The van der Waals surface area contributed by atoms with Crippen LogP contribution in [0.15, 0.2) is 0 Å². The van der Waals surface area contributed by atoms with Crippen LogP contribution in [0.2, 0.25) is 0 Å². The Balaban J connectivity index is 2.12. The lowest BCUT2D eigenvalue weighted by Gasteiger charge is -2.40. The number of hydrogen-bond donors (Lipinski definition) is 2. The third-order valence-corrected chi connectivity index (χ3v) is 6.81. The number of hydrogen-bond acceptors (Lipinski definition) is 2.